The van der Waals surface area contributed by atoms with Gasteiger partial charge in [0.15, 0.2) is 5.84 Å². The van der Waals surface area contributed by atoms with Crippen molar-refractivity contribution in [3.63, 3.8) is 0 Å². The number of ether oxygens (including phenoxy) is 1. The lowest BCUT2D eigenvalue weighted by molar-refractivity contribution is 0.318. The van der Waals surface area contributed by atoms with Crippen LogP contribution in [-0.4, -0.2) is 18.2 Å². The highest BCUT2D eigenvalue weighted by atomic mass is 35.5. The maximum Gasteiger partial charge on any atom is 0.170 e. The summed E-state index contributed by atoms with van der Waals surface area (Å²) < 4.78 is 5.30. The molecule has 0 heterocycles. The average molecular weight is 309 g/mol. The zero-order chi connectivity index (χ0) is 14.5. The molecule has 2 aromatic carbocycles. The lowest BCUT2D eigenvalue weighted by atomic mass is 10.2. The molecule has 2 rings (SSSR count). The van der Waals surface area contributed by atoms with E-state index in [1.54, 1.807) is 19.2 Å². The summed E-state index contributed by atoms with van der Waals surface area (Å²) in [6.45, 7) is 0. The van der Waals surface area contributed by atoms with Gasteiger partial charge >= 0.3 is 0 Å². The molecule has 0 saturated heterocycles. The molecule has 20 heavy (non-hydrogen) atoms. The summed E-state index contributed by atoms with van der Waals surface area (Å²) in [6, 6.07) is 12.9. The first-order valence-corrected chi connectivity index (χ1v) is 6.93. The predicted octanol–water partition coefficient (Wildman–Crippen LogP) is 3.59. The fourth-order valence-corrected chi connectivity index (χ4v) is 2.85. The van der Waals surface area contributed by atoms with E-state index in [0.717, 1.165) is 15.5 Å². The molecule has 0 bridgehead atoms. The standard InChI is InChI=1S/C14H13ClN2O2S/c1-19-11-4-2-3-5-13(11)20-12-7-6-9(8-10(12)15)14(16)17-18/h2-8,18H,1H3,(H2,16,17). The van der Waals surface area contributed by atoms with Crippen molar-refractivity contribution in [3.8, 4) is 5.75 Å². The van der Waals surface area contributed by atoms with E-state index in [2.05, 4.69) is 5.16 Å². The smallest absolute Gasteiger partial charge is 0.170 e. The van der Waals surface area contributed by atoms with Gasteiger partial charge in [-0.3, -0.25) is 0 Å². The maximum atomic E-state index is 8.65. The maximum absolute atomic E-state index is 8.65. The summed E-state index contributed by atoms with van der Waals surface area (Å²) in [4.78, 5) is 1.83. The number of methoxy groups -OCH3 is 1. The molecule has 0 amide bonds. The van der Waals surface area contributed by atoms with Gasteiger partial charge in [0.1, 0.15) is 5.75 Å². The fourth-order valence-electron chi connectivity index (χ4n) is 1.62. The second kappa shape index (κ2) is 6.54. The molecule has 4 nitrogen and oxygen atoms in total. The molecule has 0 atom stereocenters. The molecule has 3 N–H and O–H groups in total. The Morgan fingerprint density at radius 1 is 1.25 bits per heavy atom. The first-order valence-electron chi connectivity index (χ1n) is 5.74. The molecule has 0 fully saturated rings. The molecule has 6 heteroatoms. The SMILES string of the molecule is COc1ccccc1Sc1ccc(C(N)=NO)cc1Cl. The number of halogens is 1. The Kier molecular flexibility index (Phi) is 4.76. The van der Waals surface area contributed by atoms with Gasteiger partial charge in [0, 0.05) is 10.5 Å². The van der Waals surface area contributed by atoms with Crippen molar-refractivity contribution in [1.82, 2.24) is 0 Å². The van der Waals surface area contributed by atoms with Gasteiger partial charge in [-0.05, 0) is 30.3 Å². The third-order valence-corrected chi connectivity index (χ3v) is 4.18. The highest BCUT2D eigenvalue weighted by Gasteiger charge is 2.09. The number of rotatable bonds is 4. The number of amidine groups is 1. The van der Waals surface area contributed by atoms with Crippen molar-refractivity contribution < 1.29 is 9.94 Å². The van der Waals surface area contributed by atoms with Gasteiger partial charge in [-0.2, -0.15) is 0 Å². The summed E-state index contributed by atoms with van der Waals surface area (Å²) in [6.07, 6.45) is 0. The van der Waals surface area contributed by atoms with Crippen molar-refractivity contribution >= 4 is 29.2 Å². The molecule has 2 aromatic rings. The van der Waals surface area contributed by atoms with Gasteiger partial charge in [-0.15, -0.1) is 0 Å². The average Bonchev–Trinajstić information content (AvgIpc) is 2.49. The van der Waals surface area contributed by atoms with Crippen LogP contribution in [0, 0.1) is 0 Å². The van der Waals surface area contributed by atoms with Gasteiger partial charge in [0.2, 0.25) is 0 Å². The van der Waals surface area contributed by atoms with Crippen LogP contribution in [0.5, 0.6) is 5.75 Å². The molecule has 0 aromatic heterocycles. The number of oxime groups is 1. The van der Waals surface area contributed by atoms with E-state index in [1.807, 2.05) is 30.3 Å². The van der Waals surface area contributed by atoms with Crippen LogP contribution in [0.2, 0.25) is 5.02 Å². The van der Waals surface area contributed by atoms with E-state index in [0.29, 0.717) is 10.6 Å². The number of hydrogen-bond acceptors (Lipinski definition) is 4. The van der Waals surface area contributed by atoms with Crippen LogP contribution >= 0.6 is 23.4 Å². The highest BCUT2D eigenvalue weighted by Crippen LogP contribution is 2.38. The monoisotopic (exact) mass is 308 g/mol. The summed E-state index contributed by atoms with van der Waals surface area (Å²) in [5, 5.41) is 12.1. The Labute approximate surface area is 126 Å². The van der Waals surface area contributed by atoms with Crippen molar-refractivity contribution in [1.29, 1.82) is 0 Å². The third-order valence-electron chi connectivity index (χ3n) is 2.62. The topological polar surface area (TPSA) is 67.8 Å². The largest absolute Gasteiger partial charge is 0.496 e. The molecule has 0 aliphatic heterocycles. The number of nitrogens with two attached hydrogens (primary N) is 1. The minimum atomic E-state index is 0.0285. The van der Waals surface area contributed by atoms with E-state index in [9.17, 15) is 0 Å². The Bertz CT molecular complexity index is 647. The van der Waals surface area contributed by atoms with Crippen LogP contribution < -0.4 is 10.5 Å². The second-order valence-corrected chi connectivity index (χ2v) is 5.37. The van der Waals surface area contributed by atoms with Crippen molar-refractivity contribution in [2.24, 2.45) is 10.9 Å². The first kappa shape index (κ1) is 14.6. The van der Waals surface area contributed by atoms with Crippen molar-refractivity contribution in [3.05, 3.63) is 53.1 Å². The van der Waals surface area contributed by atoms with Crippen molar-refractivity contribution in [2.75, 3.05) is 7.11 Å². The van der Waals surface area contributed by atoms with E-state index < -0.39 is 0 Å². The van der Waals surface area contributed by atoms with E-state index in [1.165, 1.54) is 11.8 Å². The van der Waals surface area contributed by atoms with Crippen molar-refractivity contribution in [2.45, 2.75) is 9.79 Å². The lowest BCUT2D eigenvalue weighted by Gasteiger charge is -2.09. The van der Waals surface area contributed by atoms with Crippen LogP contribution in [0.25, 0.3) is 0 Å². The summed E-state index contributed by atoms with van der Waals surface area (Å²) >= 11 is 7.72. The zero-order valence-electron chi connectivity index (χ0n) is 10.7. The second-order valence-electron chi connectivity index (χ2n) is 3.88. The Hall–Kier alpha value is -1.85. The van der Waals surface area contributed by atoms with E-state index in [-0.39, 0.29) is 5.84 Å². The number of benzene rings is 2. The van der Waals surface area contributed by atoms with Crippen LogP contribution in [0.4, 0.5) is 0 Å². The molecular weight excluding hydrogens is 296 g/mol. The number of para-hydroxylation sites is 1. The molecule has 0 saturated carbocycles. The number of nitrogens with zero attached hydrogens (tertiary/aromatic N) is 1. The number of hydrogen-bond donors (Lipinski definition) is 2. The summed E-state index contributed by atoms with van der Waals surface area (Å²) in [7, 11) is 1.63. The normalized spacial score (nSPS) is 11.4. The molecule has 0 spiro atoms. The van der Waals surface area contributed by atoms with Gasteiger partial charge in [0.25, 0.3) is 0 Å². The Morgan fingerprint density at radius 3 is 2.65 bits per heavy atom. The highest BCUT2D eigenvalue weighted by molar-refractivity contribution is 7.99. The van der Waals surface area contributed by atoms with E-state index in [4.69, 9.17) is 27.3 Å². The molecule has 104 valence electrons. The zero-order valence-corrected chi connectivity index (χ0v) is 12.3. The van der Waals surface area contributed by atoms with Crippen LogP contribution in [0.1, 0.15) is 5.56 Å². The van der Waals surface area contributed by atoms with Crippen LogP contribution in [-0.2, 0) is 0 Å². The van der Waals surface area contributed by atoms with Crippen LogP contribution in [0.15, 0.2) is 57.4 Å². The quantitative estimate of drug-likeness (QED) is 0.392. The molecular formula is C14H13ClN2O2S. The fraction of sp³-hybridized carbons (Fsp3) is 0.0714. The van der Waals surface area contributed by atoms with Gasteiger partial charge < -0.3 is 15.7 Å². The first-order chi connectivity index (χ1) is 9.65. The van der Waals surface area contributed by atoms with Gasteiger partial charge in [-0.1, -0.05) is 40.7 Å². The Balaban J connectivity index is 2.30. The van der Waals surface area contributed by atoms with E-state index >= 15 is 0 Å². The molecule has 0 unspecified atom stereocenters. The van der Waals surface area contributed by atoms with Crippen LogP contribution in [0.3, 0.4) is 0 Å². The predicted molar refractivity (Wildman–Crippen MR) is 81.1 cm³/mol. The summed E-state index contributed by atoms with van der Waals surface area (Å²) in [5.74, 6) is 0.815. The minimum Gasteiger partial charge on any atom is -0.496 e. The molecule has 0 aliphatic rings. The minimum absolute atomic E-state index is 0.0285. The van der Waals surface area contributed by atoms with Gasteiger partial charge in [0.05, 0.1) is 17.0 Å². The molecule has 0 aliphatic carbocycles. The lowest BCUT2D eigenvalue weighted by Crippen LogP contribution is -2.12. The third kappa shape index (κ3) is 3.18. The Morgan fingerprint density at radius 2 is 2.00 bits per heavy atom. The summed E-state index contributed by atoms with van der Waals surface area (Å²) in [5.41, 5.74) is 6.10. The molecule has 0 radical (unpaired) electrons. The van der Waals surface area contributed by atoms with Gasteiger partial charge in [-0.25, -0.2) is 0 Å².